The Bertz CT molecular complexity index is 854. The Hall–Kier alpha value is -2.96. The van der Waals surface area contributed by atoms with Gasteiger partial charge in [-0.25, -0.2) is 9.97 Å². The van der Waals surface area contributed by atoms with Gasteiger partial charge in [-0.05, 0) is 32.0 Å². The quantitative estimate of drug-likeness (QED) is 0.767. The highest BCUT2D eigenvalue weighted by atomic mass is 16.1. The lowest BCUT2D eigenvalue weighted by molar-refractivity contribution is 0.100. The van der Waals surface area contributed by atoms with E-state index in [1.165, 1.54) is 6.33 Å². The van der Waals surface area contributed by atoms with Gasteiger partial charge in [-0.3, -0.25) is 9.48 Å². The van der Waals surface area contributed by atoms with Crippen LogP contribution in [0, 0.1) is 6.92 Å². The number of aromatic nitrogens is 4. The third kappa shape index (κ3) is 2.37. The lowest BCUT2D eigenvalue weighted by Gasteiger charge is -2.09. The minimum absolute atomic E-state index is 0.440. The molecule has 3 N–H and O–H groups in total. The van der Waals surface area contributed by atoms with Crippen LogP contribution in [0.15, 0.2) is 30.6 Å². The van der Waals surface area contributed by atoms with Crippen LogP contribution in [-0.2, 0) is 6.54 Å². The molecule has 3 rings (SSSR count). The Morgan fingerprint density at radius 2 is 2.18 bits per heavy atom. The fourth-order valence-electron chi connectivity index (χ4n) is 2.37. The first kappa shape index (κ1) is 14.0. The SMILES string of the molecule is CCn1nc(C)c2ncnc(Nc3cccc(C(N)=O)c3)c21. The summed E-state index contributed by atoms with van der Waals surface area (Å²) in [5.41, 5.74) is 8.99. The zero-order chi connectivity index (χ0) is 15.7. The van der Waals surface area contributed by atoms with Crippen LogP contribution in [0.4, 0.5) is 11.5 Å². The van der Waals surface area contributed by atoms with E-state index in [0.29, 0.717) is 17.9 Å². The number of primary amides is 1. The molecule has 0 aliphatic heterocycles. The Morgan fingerprint density at radius 3 is 2.91 bits per heavy atom. The number of fused-ring (bicyclic) bond motifs is 1. The molecule has 3 aromatic rings. The second-order valence-electron chi connectivity index (χ2n) is 4.89. The standard InChI is InChI=1S/C15H16N6O/c1-3-21-13-12(9(2)20-21)17-8-18-15(13)19-11-6-4-5-10(7-11)14(16)22/h4-8H,3H2,1-2H3,(H2,16,22)(H,17,18,19). The van der Waals surface area contributed by atoms with Gasteiger partial charge in [-0.1, -0.05) is 6.07 Å². The molecule has 0 saturated heterocycles. The molecule has 0 saturated carbocycles. The number of nitrogens with two attached hydrogens (primary N) is 1. The minimum Gasteiger partial charge on any atom is -0.366 e. The van der Waals surface area contributed by atoms with E-state index in [9.17, 15) is 4.79 Å². The van der Waals surface area contributed by atoms with Gasteiger partial charge in [0.1, 0.15) is 17.4 Å². The van der Waals surface area contributed by atoms with Crippen LogP contribution in [0.1, 0.15) is 23.0 Å². The lowest BCUT2D eigenvalue weighted by atomic mass is 10.2. The first-order chi connectivity index (χ1) is 10.6. The van der Waals surface area contributed by atoms with E-state index in [2.05, 4.69) is 20.4 Å². The van der Waals surface area contributed by atoms with Crippen molar-refractivity contribution in [3.05, 3.63) is 41.9 Å². The zero-order valence-electron chi connectivity index (χ0n) is 12.4. The van der Waals surface area contributed by atoms with Crippen LogP contribution in [0.3, 0.4) is 0 Å². The number of carbonyl (C=O) groups is 1. The van der Waals surface area contributed by atoms with Crippen LogP contribution in [0.25, 0.3) is 11.0 Å². The molecule has 112 valence electrons. The molecule has 7 heteroatoms. The maximum Gasteiger partial charge on any atom is 0.248 e. The second-order valence-corrected chi connectivity index (χ2v) is 4.89. The summed E-state index contributed by atoms with van der Waals surface area (Å²) in [6, 6.07) is 6.97. The Kier molecular flexibility index (Phi) is 3.46. The summed E-state index contributed by atoms with van der Waals surface area (Å²) in [6.45, 7) is 4.64. The molecule has 0 bridgehead atoms. The van der Waals surface area contributed by atoms with Gasteiger partial charge in [0.25, 0.3) is 0 Å². The maximum absolute atomic E-state index is 11.3. The summed E-state index contributed by atoms with van der Waals surface area (Å²) in [7, 11) is 0. The normalized spacial score (nSPS) is 10.8. The maximum atomic E-state index is 11.3. The van der Waals surface area contributed by atoms with Crippen LogP contribution in [0.5, 0.6) is 0 Å². The molecule has 0 aliphatic carbocycles. The highest BCUT2D eigenvalue weighted by Gasteiger charge is 2.13. The van der Waals surface area contributed by atoms with Crippen molar-refractivity contribution in [2.24, 2.45) is 5.73 Å². The number of aryl methyl sites for hydroxylation is 2. The number of hydrogen-bond donors (Lipinski definition) is 2. The van der Waals surface area contributed by atoms with Crippen molar-refractivity contribution in [1.29, 1.82) is 0 Å². The van der Waals surface area contributed by atoms with Gasteiger partial charge in [0.05, 0.1) is 5.69 Å². The van der Waals surface area contributed by atoms with Crippen LogP contribution in [0.2, 0.25) is 0 Å². The average molecular weight is 296 g/mol. The van der Waals surface area contributed by atoms with Crippen molar-refractivity contribution in [2.75, 3.05) is 5.32 Å². The topological polar surface area (TPSA) is 98.7 Å². The van der Waals surface area contributed by atoms with E-state index >= 15 is 0 Å². The van der Waals surface area contributed by atoms with E-state index < -0.39 is 5.91 Å². The summed E-state index contributed by atoms with van der Waals surface area (Å²) >= 11 is 0. The van der Waals surface area contributed by atoms with Crippen molar-refractivity contribution < 1.29 is 4.79 Å². The van der Waals surface area contributed by atoms with Crippen LogP contribution in [-0.4, -0.2) is 25.7 Å². The predicted octanol–water partition coefficient (Wildman–Crippen LogP) is 2.00. The van der Waals surface area contributed by atoms with E-state index in [0.717, 1.165) is 22.4 Å². The molecular formula is C15H16N6O. The van der Waals surface area contributed by atoms with Crippen LogP contribution < -0.4 is 11.1 Å². The number of hydrogen-bond acceptors (Lipinski definition) is 5. The molecule has 0 spiro atoms. The first-order valence-electron chi connectivity index (χ1n) is 6.95. The highest BCUT2D eigenvalue weighted by Crippen LogP contribution is 2.25. The molecule has 1 aromatic carbocycles. The smallest absolute Gasteiger partial charge is 0.248 e. The largest absolute Gasteiger partial charge is 0.366 e. The van der Waals surface area contributed by atoms with E-state index in [-0.39, 0.29) is 0 Å². The zero-order valence-corrected chi connectivity index (χ0v) is 12.4. The van der Waals surface area contributed by atoms with Gasteiger partial charge in [-0.2, -0.15) is 5.10 Å². The number of nitrogens with zero attached hydrogens (tertiary/aromatic N) is 4. The van der Waals surface area contributed by atoms with Crippen LogP contribution >= 0.6 is 0 Å². The molecule has 0 fully saturated rings. The predicted molar refractivity (Wildman–Crippen MR) is 84.0 cm³/mol. The summed E-state index contributed by atoms with van der Waals surface area (Å²) in [6.07, 6.45) is 1.50. The average Bonchev–Trinajstić information content (AvgIpc) is 2.85. The summed E-state index contributed by atoms with van der Waals surface area (Å²) in [5.74, 6) is 0.181. The van der Waals surface area contributed by atoms with E-state index in [4.69, 9.17) is 5.73 Å². The molecule has 2 heterocycles. The van der Waals surface area contributed by atoms with Gasteiger partial charge < -0.3 is 11.1 Å². The second kappa shape index (κ2) is 5.44. The minimum atomic E-state index is -0.467. The third-order valence-corrected chi connectivity index (χ3v) is 3.40. The Labute approximate surface area is 127 Å². The summed E-state index contributed by atoms with van der Waals surface area (Å²) in [4.78, 5) is 19.9. The van der Waals surface area contributed by atoms with Crippen molar-refractivity contribution in [3.63, 3.8) is 0 Å². The van der Waals surface area contributed by atoms with E-state index in [1.807, 2.05) is 24.6 Å². The fraction of sp³-hybridized carbons (Fsp3) is 0.200. The molecule has 7 nitrogen and oxygen atoms in total. The fourth-order valence-corrected chi connectivity index (χ4v) is 2.37. The lowest BCUT2D eigenvalue weighted by Crippen LogP contribution is -2.11. The first-order valence-corrected chi connectivity index (χ1v) is 6.95. The van der Waals surface area contributed by atoms with Gasteiger partial charge in [0, 0.05) is 17.8 Å². The summed E-state index contributed by atoms with van der Waals surface area (Å²) in [5, 5.41) is 7.67. The monoisotopic (exact) mass is 296 g/mol. The number of benzene rings is 1. The number of carbonyl (C=O) groups excluding carboxylic acids is 1. The number of amides is 1. The molecule has 2 aromatic heterocycles. The molecule has 0 atom stereocenters. The van der Waals surface area contributed by atoms with Gasteiger partial charge in [0.15, 0.2) is 5.82 Å². The molecular weight excluding hydrogens is 280 g/mol. The molecule has 1 amide bonds. The third-order valence-electron chi connectivity index (χ3n) is 3.40. The van der Waals surface area contributed by atoms with Crippen molar-refractivity contribution in [1.82, 2.24) is 19.7 Å². The molecule has 0 aliphatic rings. The number of nitrogens with one attached hydrogen (secondary N) is 1. The van der Waals surface area contributed by atoms with Crippen molar-refractivity contribution >= 4 is 28.4 Å². The summed E-state index contributed by atoms with van der Waals surface area (Å²) < 4.78 is 1.85. The van der Waals surface area contributed by atoms with Gasteiger partial charge in [0.2, 0.25) is 5.91 Å². The van der Waals surface area contributed by atoms with Crippen molar-refractivity contribution in [3.8, 4) is 0 Å². The molecule has 0 unspecified atom stereocenters. The number of rotatable bonds is 4. The van der Waals surface area contributed by atoms with E-state index in [1.54, 1.807) is 18.2 Å². The van der Waals surface area contributed by atoms with Gasteiger partial charge >= 0.3 is 0 Å². The Balaban J connectivity index is 2.07. The highest BCUT2D eigenvalue weighted by molar-refractivity contribution is 5.94. The van der Waals surface area contributed by atoms with Gasteiger partial charge in [-0.15, -0.1) is 0 Å². The number of anilines is 2. The van der Waals surface area contributed by atoms with Crippen molar-refractivity contribution in [2.45, 2.75) is 20.4 Å². The molecule has 22 heavy (non-hydrogen) atoms. The molecule has 0 radical (unpaired) electrons. The Morgan fingerprint density at radius 1 is 1.36 bits per heavy atom.